The maximum atomic E-state index is 12.7. The predicted octanol–water partition coefficient (Wildman–Crippen LogP) is 4.52. The number of carbonyl (C=O) groups excluding carboxylic acids is 1. The van der Waals surface area contributed by atoms with E-state index in [4.69, 9.17) is 0 Å². The minimum atomic E-state index is -4.66. The van der Waals surface area contributed by atoms with Gasteiger partial charge in [0.2, 0.25) is 10.0 Å². The molecule has 0 unspecified atom stereocenters. The van der Waals surface area contributed by atoms with E-state index in [0.717, 1.165) is 17.8 Å². The molecular formula is C21H18F3N3O3S. The highest BCUT2D eigenvalue weighted by molar-refractivity contribution is 7.89. The minimum absolute atomic E-state index is 0.286. The number of nitrogens with one attached hydrogen (secondary N) is 3. The zero-order valence-corrected chi connectivity index (χ0v) is 16.8. The van der Waals surface area contributed by atoms with Gasteiger partial charge in [0, 0.05) is 11.4 Å². The number of hydrogen-bond donors (Lipinski definition) is 3. The van der Waals surface area contributed by atoms with Crippen LogP contribution in [0.2, 0.25) is 0 Å². The van der Waals surface area contributed by atoms with Crippen LogP contribution in [0.25, 0.3) is 0 Å². The molecule has 0 fully saturated rings. The summed E-state index contributed by atoms with van der Waals surface area (Å²) in [5.74, 6) is -0.440. The Labute approximate surface area is 177 Å². The van der Waals surface area contributed by atoms with Gasteiger partial charge in [-0.05, 0) is 48.5 Å². The number of benzene rings is 3. The Morgan fingerprint density at radius 2 is 1.42 bits per heavy atom. The number of anilines is 3. The summed E-state index contributed by atoms with van der Waals surface area (Å²) in [6.07, 6.45) is -4.66. The Morgan fingerprint density at radius 3 is 2.06 bits per heavy atom. The van der Waals surface area contributed by atoms with Crippen LogP contribution in [-0.4, -0.2) is 27.0 Å². The molecule has 3 rings (SSSR count). The summed E-state index contributed by atoms with van der Waals surface area (Å²) >= 11 is 0. The van der Waals surface area contributed by atoms with Crippen molar-refractivity contribution >= 4 is 33.0 Å². The van der Waals surface area contributed by atoms with Crippen LogP contribution in [0.4, 0.5) is 30.2 Å². The normalized spacial score (nSPS) is 11.7. The molecule has 0 bridgehead atoms. The van der Waals surface area contributed by atoms with Crippen LogP contribution in [0.1, 0.15) is 10.4 Å². The Kier molecular flexibility index (Phi) is 6.62. The third kappa shape index (κ3) is 6.30. The van der Waals surface area contributed by atoms with Crippen molar-refractivity contribution < 1.29 is 26.4 Å². The minimum Gasteiger partial charge on any atom is -0.355 e. The lowest BCUT2D eigenvalue weighted by Crippen LogP contribution is -2.33. The van der Waals surface area contributed by atoms with Crippen molar-refractivity contribution in [1.82, 2.24) is 4.72 Å². The molecule has 6 nitrogen and oxygen atoms in total. The number of rotatable bonds is 7. The van der Waals surface area contributed by atoms with Gasteiger partial charge in [0.05, 0.1) is 16.1 Å². The second kappa shape index (κ2) is 9.19. The van der Waals surface area contributed by atoms with Crippen molar-refractivity contribution in [1.29, 1.82) is 0 Å². The van der Waals surface area contributed by atoms with Crippen molar-refractivity contribution in [2.45, 2.75) is 11.1 Å². The summed E-state index contributed by atoms with van der Waals surface area (Å²) in [7, 11) is -4.32. The van der Waals surface area contributed by atoms with E-state index in [-0.39, 0.29) is 10.6 Å². The van der Waals surface area contributed by atoms with E-state index in [0.29, 0.717) is 11.3 Å². The number of para-hydroxylation sites is 2. The lowest BCUT2D eigenvalue weighted by Gasteiger charge is -2.13. The van der Waals surface area contributed by atoms with E-state index in [1.807, 2.05) is 30.3 Å². The molecule has 0 aliphatic heterocycles. The van der Waals surface area contributed by atoms with Crippen molar-refractivity contribution in [3.8, 4) is 0 Å². The molecule has 0 atom stereocenters. The predicted molar refractivity (Wildman–Crippen MR) is 112 cm³/mol. The maximum absolute atomic E-state index is 12.7. The number of carbonyl (C=O) groups is 1. The molecule has 0 heterocycles. The summed E-state index contributed by atoms with van der Waals surface area (Å²) in [6, 6.07) is 20.9. The zero-order chi connectivity index (χ0) is 22.5. The van der Waals surface area contributed by atoms with Crippen LogP contribution in [0.15, 0.2) is 83.8 Å². The maximum Gasteiger partial charge on any atom is 0.402 e. The largest absolute Gasteiger partial charge is 0.402 e. The first-order valence-electron chi connectivity index (χ1n) is 9.03. The Hall–Kier alpha value is -3.37. The summed E-state index contributed by atoms with van der Waals surface area (Å²) in [6.45, 7) is -1.67. The third-order valence-electron chi connectivity index (χ3n) is 4.11. The van der Waals surface area contributed by atoms with Gasteiger partial charge in [-0.15, -0.1) is 0 Å². The summed E-state index contributed by atoms with van der Waals surface area (Å²) in [4.78, 5) is 12.4. The van der Waals surface area contributed by atoms with Gasteiger partial charge in [0.1, 0.15) is 6.54 Å². The van der Waals surface area contributed by atoms with Crippen LogP contribution < -0.4 is 15.4 Å². The highest BCUT2D eigenvalue weighted by Crippen LogP contribution is 2.23. The second-order valence-electron chi connectivity index (χ2n) is 6.45. The Morgan fingerprint density at radius 1 is 0.806 bits per heavy atom. The van der Waals surface area contributed by atoms with Gasteiger partial charge in [0.25, 0.3) is 5.91 Å². The van der Waals surface area contributed by atoms with Gasteiger partial charge in [-0.25, -0.2) is 13.1 Å². The molecule has 3 aromatic rings. The van der Waals surface area contributed by atoms with E-state index >= 15 is 0 Å². The Bertz CT molecular complexity index is 1150. The molecule has 1 amide bonds. The molecule has 10 heteroatoms. The van der Waals surface area contributed by atoms with Crippen LogP contribution in [-0.2, 0) is 10.0 Å². The summed E-state index contributed by atoms with van der Waals surface area (Å²) in [5, 5.41) is 5.80. The smallest absolute Gasteiger partial charge is 0.355 e. The average Bonchev–Trinajstić information content (AvgIpc) is 2.73. The standard InChI is InChI=1S/C21H18F3N3O3S/c22-21(23,24)14-25-31(29,30)17-12-10-16(11-13-17)27-20(28)18-8-4-5-9-19(18)26-15-6-2-1-3-7-15/h1-13,25-26H,14H2,(H,27,28). The number of alkyl halides is 3. The number of hydrogen-bond acceptors (Lipinski definition) is 4. The lowest BCUT2D eigenvalue weighted by atomic mass is 10.1. The topological polar surface area (TPSA) is 87.3 Å². The van der Waals surface area contributed by atoms with Gasteiger partial charge in [-0.1, -0.05) is 30.3 Å². The van der Waals surface area contributed by atoms with E-state index in [2.05, 4.69) is 10.6 Å². The molecule has 3 N–H and O–H groups in total. The first-order chi connectivity index (χ1) is 14.6. The van der Waals surface area contributed by atoms with Gasteiger partial charge in [0.15, 0.2) is 0 Å². The molecule has 162 valence electrons. The van der Waals surface area contributed by atoms with Gasteiger partial charge >= 0.3 is 6.18 Å². The fourth-order valence-corrected chi connectivity index (χ4v) is 3.66. The monoisotopic (exact) mass is 449 g/mol. The molecule has 0 aromatic heterocycles. The molecule has 0 aliphatic rings. The van der Waals surface area contributed by atoms with Crippen molar-refractivity contribution in [3.63, 3.8) is 0 Å². The van der Waals surface area contributed by atoms with Crippen LogP contribution in [0, 0.1) is 0 Å². The molecular weight excluding hydrogens is 431 g/mol. The highest BCUT2D eigenvalue weighted by Gasteiger charge is 2.30. The first-order valence-corrected chi connectivity index (χ1v) is 10.5. The van der Waals surface area contributed by atoms with Crippen LogP contribution in [0.5, 0.6) is 0 Å². The third-order valence-corrected chi connectivity index (χ3v) is 5.53. The highest BCUT2D eigenvalue weighted by atomic mass is 32.2. The number of amides is 1. The van der Waals surface area contributed by atoms with E-state index in [1.54, 1.807) is 24.3 Å². The van der Waals surface area contributed by atoms with Crippen molar-refractivity contribution in [2.24, 2.45) is 0 Å². The van der Waals surface area contributed by atoms with E-state index in [1.165, 1.54) is 16.9 Å². The molecule has 0 saturated carbocycles. The molecule has 0 spiro atoms. The van der Waals surface area contributed by atoms with E-state index in [9.17, 15) is 26.4 Å². The molecule has 3 aromatic carbocycles. The quantitative estimate of drug-likeness (QED) is 0.495. The van der Waals surface area contributed by atoms with Gasteiger partial charge in [-0.2, -0.15) is 13.2 Å². The summed E-state index contributed by atoms with van der Waals surface area (Å²) < 4.78 is 62.2. The Balaban J connectivity index is 1.72. The van der Waals surface area contributed by atoms with Crippen molar-refractivity contribution in [3.05, 3.63) is 84.4 Å². The number of halogens is 3. The van der Waals surface area contributed by atoms with Gasteiger partial charge in [-0.3, -0.25) is 4.79 Å². The van der Waals surface area contributed by atoms with E-state index < -0.39 is 28.7 Å². The second-order valence-corrected chi connectivity index (χ2v) is 8.22. The van der Waals surface area contributed by atoms with Crippen LogP contribution >= 0.6 is 0 Å². The zero-order valence-electron chi connectivity index (χ0n) is 16.0. The summed E-state index contributed by atoms with van der Waals surface area (Å²) in [5.41, 5.74) is 2.01. The molecule has 31 heavy (non-hydrogen) atoms. The molecule has 0 saturated heterocycles. The van der Waals surface area contributed by atoms with Crippen LogP contribution in [0.3, 0.4) is 0 Å². The SMILES string of the molecule is O=C(Nc1ccc(S(=O)(=O)NCC(F)(F)F)cc1)c1ccccc1Nc1ccccc1. The molecule has 0 aliphatic carbocycles. The van der Waals surface area contributed by atoms with Gasteiger partial charge < -0.3 is 10.6 Å². The fourth-order valence-electron chi connectivity index (χ4n) is 2.64. The first kappa shape index (κ1) is 22.3. The number of sulfonamides is 1. The van der Waals surface area contributed by atoms with Crippen molar-refractivity contribution in [2.75, 3.05) is 17.2 Å². The molecule has 0 radical (unpaired) electrons. The fraction of sp³-hybridized carbons (Fsp3) is 0.0952. The lowest BCUT2D eigenvalue weighted by molar-refractivity contribution is -0.121. The average molecular weight is 449 g/mol.